The second-order valence-electron chi connectivity index (χ2n) is 6.37. The number of phenols is 1. The molecule has 2 atom stereocenters. The summed E-state index contributed by atoms with van der Waals surface area (Å²) in [5.74, 6) is 1.32. The third kappa shape index (κ3) is 4.14. The molecular weight excluding hydrogens is 370 g/mol. The average Bonchev–Trinajstić information content (AvgIpc) is 2.70. The molecule has 1 saturated heterocycles. The van der Waals surface area contributed by atoms with Gasteiger partial charge in [-0.3, -0.25) is 4.90 Å². The zero-order valence-corrected chi connectivity index (χ0v) is 16.1. The summed E-state index contributed by atoms with van der Waals surface area (Å²) in [6, 6.07) is 10.7. The molecule has 0 aromatic heterocycles. The van der Waals surface area contributed by atoms with Crippen molar-refractivity contribution in [1.29, 1.82) is 0 Å². The molecule has 0 bridgehead atoms. The maximum Gasteiger partial charge on any atom is 0.161 e. The SMILES string of the molecule is COc1ccc([C@@H]2[C@@H](CO)OCCN2Cc2cccc(O)c2Cl)cc1OC. The van der Waals surface area contributed by atoms with E-state index < -0.39 is 0 Å². The maximum absolute atomic E-state index is 9.89. The van der Waals surface area contributed by atoms with Gasteiger partial charge in [-0.1, -0.05) is 29.8 Å². The highest BCUT2D eigenvalue weighted by Gasteiger charge is 2.34. The summed E-state index contributed by atoms with van der Waals surface area (Å²) < 4.78 is 16.5. The minimum atomic E-state index is -0.382. The number of ether oxygens (including phenoxy) is 3. The number of hydrogen-bond acceptors (Lipinski definition) is 6. The monoisotopic (exact) mass is 393 g/mol. The second kappa shape index (κ2) is 8.80. The number of nitrogens with zero attached hydrogens (tertiary/aromatic N) is 1. The Morgan fingerprint density at radius 2 is 1.96 bits per heavy atom. The zero-order chi connectivity index (χ0) is 19.4. The van der Waals surface area contributed by atoms with Crippen LogP contribution in [0.25, 0.3) is 0 Å². The van der Waals surface area contributed by atoms with Crippen molar-refractivity contribution in [2.75, 3.05) is 34.0 Å². The average molecular weight is 394 g/mol. The number of rotatable bonds is 6. The first-order chi connectivity index (χ1) is 13.1. The molecule has 27 heavy (non-hydrogen) atoms. The van der Waals surface area contributed by atoms with E-state index in [-0.39, 0.29) is 24.5 Å². The van der Waals surface area contributed by atoms with Gasteiger partial charge in [-0.05, 0) is 29.3 Å². The number of methoxy groups -OCH3 is 2. The van der Waals surface area contributed by atoms with Gasteiger partial charge in [0.15, 0.2) is 11.5 Å². The van der Waals surface area contributed by atoms with Crippen molar-refractivity contribution in [1.82, 2.24) is 4.90 Å². The van der Waals surface area contributed by atoms with Crippen LogP contribution in [0.3, 0.4) is 0 Å². The van der Waals surface area contributed by atoms with Crippen LogP contribution in [0.2, 0.25) is 5.02 Å². The summed E-state index contributed by atoms with van der Waals surface area (Å²) in [6.45, 7) is 1.59. The van der Waals surface area contributed by atoms with Crippen LogP contribution < -0.4 is 9.47 Å². The standard InChI is InChI=1S/C20H24ClNO5/c1-25-16-7-6-13(10-17(16)26-2)20-18(12-23)27-9-8-22(20)11-14-4-3-5-15(24)19(14)21/h3-7,10,18,20,23-24H,8-9,11-12H2,1-2H3/t18-,20-/m1/s1. The summed E-state index contributed by atoms with van der Waals surface area (Å²) >= 11 is 6.27. The molecule has 0 amide bonds. The summed E-state index contributed by atoms with van der Waals surface area (Å²) in [7, 11) is 3.18. The summed E-state index contributed by atoms with van der Waals surface area (Å²) in [6.07, 6.45) is -0.382. The number of phenolic OH excluding ortho intramolecular Hbond substituents is 1. The summed E-state index contributed by atoms with van der Waals surface area (Å²) in [4.78, 5) is 2.19. The molecule has 2 aromatic rings. The molecule has 1 aliphatic heterocycles. The van der Waals surface area contributed by atoms with E-state index in [0.29, 0.717) is 36.2 Å². The Balaban J connectivity index is 1.96. The van der Waals surface area contributed by atoms with Crippen LogP contribution >= 0.6 is 11.6 Å². The van der Waals surface area contributed by atoms with Gasteiger partial charge in [0.2, 0.25) is 0 Å². The predicted octanol–water partition coefficient (Wildman–Crippen LogP) is 3.00. The maximum atomic E-state index is 9.89. The number of morpholine rings is 1. The highest BCUT2D eigenvalue weighted by molar-refractivity contribution is 6.32. The van der Waals surface area contributed by atoms with Crippen molar-refractivity contribution < 1.29 is 24.4 Å². The highest BCUT2D eigenvalue weighted by Crippen LogP contribution is 2.37. The molecule has 7 heteroatoms. The van der Waals surface area contributed by atoms with Crippen LogP contribution in [-0.4, -0.2) is 55.2 Å². The number of benzene rings is 2. The van der Waals surface area contributed by atoms with Gasteiger partial charge in [0, 0.05) is 13.1 Å². The minimum absolute atomic E-state index is 0.0591. The van der Waals surface area contributed by atoms with Crippen LogP contribution in [0, 0.1) is 0 Å². The molecule has 0 spiro atoms. The molecule has 0 radical (unpaired) electrons. The van der Waals surface area contributed by atoms with E-state index in [2.05, 4.69) is 4.90 Å². The Morgan fingerprint density at radius 3 is 2.67 bits per heavy atom. The molecule has 0 saturated carbocycles. The van der Waals surface area contributed by atoms with Crippen LogP contribution in [0.5, 0.6) is 17.2 Å². The van der Waals surface area contributed by atoms with Crippen LogP contribution in [-0.2, 0) is 11.3 Å². The van der Waals surface area contributed by atoms with E-state index in [1.54, 1.807) is 26.4 Å². The molecule has 2 N–H and O–H groups in total. The fourth-order valence-electron chi connectivity index (χ4n) is 3.49. The third-order valence-corrected chi connectivity index (χ3v) is 5.25. The second-order valence-corrected chi connectivity index (χ2v) is 6.75. The number of halogens is 1. The van der Waals surface area contributed by atoms with Crippen molar-refractivity contribution in [2.45, 2.75) is 18.7 Å². The van der Waals surface area contributed by atoms with Crippen molar-refractivity contribution in [2.24, 2.45) is 0 Å². The predicted molar refractivity (Wildman–Crippen MR) is 103 cm³/mol. The highest BCUT2D eigenvalue weighted by atomic mass is 35.5. The Kier molecular flexibility index (Phi) is 6.44. The lowest BCUT2D eigenvalue weighted by Gasteiger charge is -2.41. The molecule has 2 aromatic carbocycles. The first-order valence-electron chi connectivity index (χ1n) is 8.73. The van der Waals surface area contributed by atoms with Gasteiger partial charge in [0.05, 0.1) is 38.5 Å². The van der Waals surface area contributed by atoms with Crippen molar-refractivity contribution >= 4 is 11.6 Å². The number of aliphatic hydroxyl groups is 1. The third-order valence-electron chi connectivity index (χ3n) is 4.82. The Hall–Kier alpha value is -1.99. The van der Waals surface area contributed by atoms with E-state index in [1.807, 2.05) is 24.3 Å². The van der Waals surface area contributed by atoms with Crippen molar-refractivity contribution in [3.8, 4) is 17.2 Å². The summed E-state index contributed by atoms with van der Waals surface area (Å²) in [5, 5.41) is 20.1. The fourth-order valence-corrected chi connectivity index (χ4v) is 3.67. The molecule has 3 rings (SSSR count). The normalized spacial score (nSPS) is 20.4. The molecular formula is C20H24ClNO5. The van der Waals surface area contributed by atoms with Crippen LogP contribution in [0.4, 0.5) is 0 Å². The molecule has 146 valence electrons. The van der Waals surface area contributed by atoms with Gasteiger partial charge < -0.3 is 24.4 Å². The van der Waals surface area contributed by atoms with E-state index in [4.69, 9.17) is 25.8 Å². The lowest BCUT2D eigenvalue weighted by atomic mass is 9.97. The van der Waals surface area contributed by atoms with Gasteiger partial charge in [-0.25, -0.2) is 0 Å². The van der Waals surface area contributed by atoms with Gasteiger partial charge in [-0.15, -0.1) is 0 Å². The molecule has 0 aliphatic carbocycles. The van der Waals surface area contributed by atoms with Crippen molar-refractivity contribution in [3.63, 3.8) is 0 Å². The fraction of sp³-hybridized carbons (Fsp3) is 0.400. The van der Waals surface area contributed by atoms with Gasteiger partial charge in [-0.2, -0.15) is 0 Å². The molecule has 1 heterocycles. The molecule has 1 fully saturated rings. The van der Waals surface area contributed by atoms with Gasteiger partial charge in [0.25, 0.3) is 0 Å². The number of hydrogen-bond donors (Lipinski definition) is 2. The molecule has 1 aliphatic rings. The minimum Gasteiger partial charge on any atom is -0.506 e. The lowest BCUT2D eigenvalue weighted by molar-refractivity contribution is -0.0961. The topological polar surface area (TPSA) is 71.4 Å². The van der Waals surface area contributed by atoms with Gasteiger partial charge >= 0.3 is 0 Å². The Labute approximate surface area is 163 Å². The zero-order valence-electron chi connectivity index (χ0n) is 15.4. The first-order valence-corrected chi connectivity index (χ1v) is 9.11. The van der Waals surface area contributed by atoms with Crippen LogP contribution in [0.15, 0.2) is 36.4 Å². The smallest absolute Gasteiger partial charge is 0.161 e. The van der Waals surface area contributed by atoms with E-state index >= 15 is 0 Å². The largest absolute Gasteiger partial charge is 0.506 e. The Bertz CT molecular complexity index is 785. The number of aromatic hydroxyl groups is 1. The first kappa shape index (κ1) is 19.8. The van der Waals surface area contributed by atoms with E-state index in [1.165, 1.54) is 0 Å². The summed E-state index contributed by atoms with van der Waals surface area (Å²) in [5.41, 5.74) is 1.77. The van der Waals surface area contributed by atoms with E-state index in [0.717, 1.165) is 11.1 Å². The van der Waals surface area contributed by atoms with Crippen molar-refractivity contribution in [3.05, 3.63) is 52.5 Å². The van der Waals surface area contributed by atoms with Crippen LogP contribution in [0.1, 0.15) is 17.2 Å². The quantitative estimate of drug-likeness (QED) is 0.786. The lowest BCUT2D eigenvalue weighted by Crippen LogP contribution is -2.46. The number of aliphatic hydroxyl groups excluding tert-OH is 1. The molecule has 6 nitrogen and oxygen atoms in total. The molecule has 0 unspecified atom stereocenters. The van der Waals surface area contributed by atoms with Gasteiger partial charge in [0.1, 0.15) is 11.9 Å². The van der Waals surface area contributed by atoms with E-state index in [9.17, 15) is 10.2 Å². The Morgan fingerprint density at radius 1 is 1.19 bits per heavy atom.